The van der Waals surface area contributed by atoms with Gasteiger partial charge < -0.3 is 15.3 Å². The van der Waals surface area contributed by atoms with Crippen LogP contribution in [0.4, 0.5) is 0 Å². The lowest BCUT2D eigenvalue weighted by Crippen LogP contribution is -2.25. The van der Waals surface area contributed by atoms with Crippen molar-refractivity contribution in [1.82, 2.24) is 0 Å². The molecule has 0 radical (unpaired) electrons. The normalized spacial score (nSPS) is 42.2. The van der Waals surface area contributed by atoms with E-state index in [1.165, 1.54) is 0 Å². The molecule has 0 bridgehead atoms. The van der Waals surface area contributed by atoms with Crippen LogP contribution in [0.2, 0.25) is 0 Å². The van der Waals surface area contributed by atoms with Gasteiger partial charge in [-0.3, -0.25) is 0 Å². The van der Waals surface area contributed by atoms with Gasteiger partial charge in [-0.15, -0.1) is 0 Å². The summed E-state index contributed by atoms with van der Waals surface area (Å²) in [6.45, 7) is 4.20. The average molecular weight is 188 g/mol. The molecule has 0 spiro atoms. The molecule has 1 fully saturated rings. The summed E-state index contributed by atoms with van der Waals surface area (Å²) >= 11 is 0. The third kappa shape index (κ3) is 2.03. The van der Waals surface area contributed by atoms with Crippen LogP contribution in [0.15, 0.2) is 0 Å². The van der Waals surface area contributed by atoms with Crippen LogP contribution < -0.4 is 0 Å². The van der Waals surface area contributed by atoms with E-state index in [2.05, 4.69) is 0 Å². The first-order valence-corrected chi connectivity index (χ1v) is 5.01. The molecular formula is C10H20O3. The van der Waals surface area contributed by atoms with Gasteiger partial charge in [-0.05, 0) is 30.1 Å². The lowest BCUT2D eigenvalue weighted by Gasteiger charge is -2.24. The molecule has 0 aromatic rings. The third-order valence-electron chi connectivity index (χ3n) is 3.58. The monoisotopic (exact) mass is 188 g/mol. The van der Waals surface area contributed by atoms with Crippen LogP contribution in [0.1, 0.15) is 20.3 Å². The van der Waals surface area contributed by atoms with E-state index in [9.17, 15) is 10.2 Å². The summed E-state index contributed by atoms with van der Waals surface area (Å²) in [6.07, 6.45) is 0.407. The van der Waals surface area contributed by atoms with Crippen molar-refractivity contribution >= 4 is 0 Å². The van der Waals surface area contributed by atoms with E-state index in [-0.39, 0.29) is 43.0 Å². The molecule has 13 heavy (non-hydrogen) atoms. The van der Waals surface area contributed by atoms with E-state index >= 15 is 0 Å². The molecule has 3 nitrogen and oxygen atoms in total. The molecule has 0 amide bonds. The molecule has 1 unspecified atom stereocenters. The molecule has 3 N–H and O–H groups in total. The van der Waals surface area contributed by atoms with Crippen LogP contribution in [0, 0.1) is 23.7 Å². The highest BCUT2D eigenvalue weighted by atomic mass is 16.3. The van der Waals surface area contributed by atoms with Gasteiger partial charge in [0.05, 0.1) is 6.10 Å². The van der Waals surface area contributed by atoms with E-state index < -0.39 is 0 Å². The number of hydrogen-bond donors (Lipinski definition) is 3. The minimum absolute atomic E-state index is 0.118. The van der Waals surface area contributed by atoms with Crippen molar-refractivity contribution in [3.05, 3.63) is 0 Å². The maximum Gasteiger partial charge on any atom is 0.0572 e. The summed E-state index contributed by atoms with van der Waals surface area (Å²) in [7, 11) is 0. The van der Waals surface area contributed by atoms with E-state index in [4.69, 9.17) is 5.11 Å². The summed E-state index contributed by atoms with van der Waals surface area (Å²) in [4.78, 5) is 0. The number of aliphatic hydroxyl groups excluding tert-OH is 3. The van der Waals surface area contributed by atoms with Crippen LogP contribution >= 0.6 is 0 Å². The Hall–Kier alpha value is -0.120. The summed E-state index contributed by atoms with van der Waals surface area (Å²) in [5.41, 5.74) is 0. The van der Waals surface area contributed by atoms with E-state index in [0.29, 0.717) is 6.42 Å². The van der Waals surface area contributed by atoms with Crippen LogP contribution in [-0.4, -0.2) is 34.6 Å². The Morgan fingerprint density at radius 2 is 2.00 bits per heavy atom. The van der Waals surface area contributed by atoms with Crippen LogP contribution in [-0.2, 0) is 0 Å². The van der Waals surface area contributed by atoms with Crippen LogP contribution in [0.3, 0.4) is 0 Å². The van der Waals surface area contributed by atoms with E-state index in [1.807, 2.05) is 13.8 Å². The first-order valence-electron chi connectivity index (χ1n) is 5.01. The zero-order valence-electron chi connectivity index (χ0n) is 8.35. The Morgan fingerprint density at radius 3 is 2.46 bits per heavy atom. The molecule has 0 heterocycles. The maximum absolute atomic E-state index is 9.62. The minimum atomic E-state index is -0.309. The Labute approximate surface area is 79.4 Å². The lowest BCUT2D eigenvalue weighted by atomic mass is 9.83. The van der Waals surface area contributed by atoms with Gasteiger partial charge in [-0.2, -0.15) is 0 Å². The zero-order chi connectivity index (χ0) is 10.0. The fourth-order valence-corrected chi connectivity index (χ4v) is 2.43. The van der Waals surface area contributed by atoms with E-state index in [0.717, 1.165) is 0 Å². The molecular weight excluding hydrogens is 168 g/mol. The first-order chi connectivity index (χ1) is 6.11. The minimum Gasteiger partial charge on any atom is -0.396 e. The zero-order valence-corrected chi connectivity index (χ0v) is 8.35. The summed E-state index contributed by atoms with van der Waals surface area (Å²) in [5, 5.41) is 27.8. The van der Waals surface area contributed by atoms with Gasteiger partial charge in [-0.25, -0.2) is 0 Å². The third-order valence-corrected chi connectivity index (χ3v) is 3.58. The highest BCUT2D eigenvalue weighted by Gasteiger charge is 2.41. The second-order valence-corrected chi connectivity index (χ2v) is 4.33. The van der Waals surface area contributed by atoms with Crippen molar-refractivity contribution in [3.8, 4) is 0 Å². The highest BCUT2D eigenvalue weighted by molar-refractivity contribution is 4.90. The second kappa shape index (κ2) is 4.40. The highest BCUT2D eigenvalue weighted by Crippen LogP contribution is 2.40. The molecule has 5 atom stereocenters. The van der Waals surface area contributed by atoms with Crippen molar-refractivity contribution in [2.75, 3.05) is 13.2 Å². The topological polar surface area (TPSA) is 60.7 Å². The average Bonchev–Trinajstić information content (AvgIpc) is 2.42. The fourth-order valence-electron chi connectivity index (χ4n) is 2.43. The molecule has 1 aliphatic rings. The Bertz CT molecular complexity index is 160. The molecule has 0 aromatic carbocycles. The van der Waals surface area contributed by atoms with Crippen molar-refractivity contribution in [1.29, 1.82) is 0 Å². The van der Waals surface area contributed by atoms with Gasteiger partial charge in [0, 0.05) is 13.2 Å². The smallest absolute Gasteiger partial charge is 0.0572 e. The standard InChI is InChI=1S/C10H20O3/c1-6(4-11)8-3-10(13)7(2)9(8)5-12/h6-13H,3-5H2,1-2H3/t6?,7-,8+,9-,10-/m1/s1. The molecule has 1 rings (SSSR count). The summed E-state index contributed by atoms with van der Waals surface area (Å²) in [5.74, 6) is 0.748. The Kier molecular flexibility index (Phi) is 3.71. The first kappa shape index (κ1) is 11.0. The Balaban J connectivity index is 2.64. The summed E-state index contributed by atoms with van der Waals surface area (Å²) in [6, 6.07) is 0. The van der Waals surface area contributed by atoms with Gasteiger partial charge in [-0.1, -0.05) is 13.8 Å². The quantitative estimate of drug-likeness (QED) is 0.594. The largest absolute Gasteiger partial charge is 0.396 e. The van der Waals surface area contributed by atoms with Gasteiger partial charge in [0.15, 0.2) is 0 Å². The lowest BCUT2D eigenvalue weighted by molar-refractivity contribution is 0.0948. The fraction of sp³-hybridized carbons (Fsp3) is 1.00. The number of aliphatic hydroxyl groups is 3. The molecule has 1 aliphatic carbocycles. The molecule has 78 valence electrons. The van der Waals surface area contributed by atoms with Crippen molar-refractivity contribution in [3.63, 3.8) is 0 Å². The molecule has 3 heteroatoms. The SMILES string of the molecule is CC(CO)[C@@H]1C[C@@H](O)[C@H](C)[C@H]1CO. The van der Waals surface area contributed by atoms with Crippen LogP contribution in [0.25, 0.3) is 0 Å². The van der Waals surface area contributed by atoms with E-state index in [1.54, 1.807) is 0 Å². The van der Waals surface area contributed by atoms with Crippen molar-refractivity contribution in [2.24, 2.45) is 23.7 Å². The van der Waals surface area contributed by atoms with Crippen LogP contribution in [0.5, 0.6) is 0 Å². The van der Waals surface area contributed by atoms with Crippen molar-refractivity contribution < 1.29 is 15.3 Å². The maximum atomic E-state index is 9.62. The molecule has 0 aromatic heterocycles. The van der Waals surface area contributed by atoms with Gasteiger partial charge in [0.25, 0.3) is 0 Å². The molecule has 1 saturated carbocycles. The predicted octanol–water partition coefficient (Wildman–Crippen LogP) is 0.240. The number of rotatable bonds is 3. The number of hydrogen-bond acceptors (Lipinski definition) is 3. The second-order valence-electron chi connectivity index (χ2n) is 4.33. The van der Waals surface area contributed by atoms with Crippen molar-refractivity contribution in [2.45, 2.75) is 26.4 Å². The molecule has 0 saturated heterocycles. The van der Waals surface area contributed by atoms with Gasteiger partial charge in [0.1, 0.15) is 0 Å². The predicted molar refractivity (Wildman–Crippen MR) is 50.1 cm³/mol. The Morgan fingerprint density at radius 1 is 1.38 bits per heavy atom. The summed E-state index contributed by atoms with van der Waals surface area (Å²) < 4.78 is 0. The van der Waals surface area contributed by atoms with Gasteiger partial charge >= 0.3 is 0 Å². The molecule has 0 aliphatic heterocycles. The van der Waals surface area contributed by atoms with Gasteiger partial charge in [0.2, 0.25) is 0 Å².